The van der Waals surface area contributed by atoms with Gasteiger partial charge < -0.3 is 17.7 Å². The SMILES string of the molecule is O=S(=O)(c1ccc(F)cc1)C1(F)CCNCC1.[Cl-].[H+]. The Balaban J connectivity index is 0.00000162. The highest BCUT2D eigenvalue weighted by Crippen LogP contribution is 2.34. The second kappa shape index (κ2) is 5.50. The quantitative estimate of drug-likeness (QED) is 0.695. The Labute approximate surface area is 112 Å². The van der Waals surface area contributed by atoms with Gasteiger partial charge in [-0.25, -0.2) is 17.2 Å². The zero-order chi connectivity index (χ0) is 12.5. The molecule has 1 heterocycles. The van der Waals surface area contributed by atoms with Crippen molar-refractivity contribution in [3.05, 3.63) is 30.1 Å². The number of hydrogen-bond donors (Lipinski definition) is 1. The normalized spacial score (nSPS) is 19.0. The molecule has 0 unspecified atom stereocenters. The van der Waals surface area contributed by atoms with Crippen LogP contribution in [0.2, 0.25) is 0 Å². The summed E-state index contributed by atoms with van der Waals surface area (Å²) in [6.45, 7) is 0.661. The molecule has 0 aromatic heterocycles. The number of nitrogens with one attached hydrogen (secondary N) is 1. The molecule has 0 radical (unpaired) electrons. The molecule has 0 spiro atoms. The van der Waals surface area contributed by atoms with Crippen molar-refractivity contribution in [2.24, 2.45) is 0 Å². The standard InChI is InChI=1S/C11H13F2NO2S.ClH/c12-9-1-3-10(4-2-9)17(15,16)11(13)5-7-14-8-6-11;/h1-4,14H,5-8H2;1H. The lowest BCUT2D eigenvalue weighted by Crippen LogP contribution is -3.00. The van der Waals surface area contributed by atoms with E-state index < -0.39 is 20.7 Å². The van der Waals surface area contributed by atoms with Crippen molar-refractivity contribution in [1.29, 1.82) is 0 Å². The van der Waals surface area contributed by atoms with Crippen LogP contribution in [0.25, 0.3) is 0 Å². The highest BCUT2D eigenvalue weighted by atomic mass is 35.5. The Morgan fingerprint density at radius 2 is 1.67 bits per heavy atom. The van der Waals surface area contributed by atoms with Gasteiger partial charge in [0.15, 0.2) is 0 Å². The van der Waals surface area contributed by atoms with Gasteiger partial charge in [-0.05, 0) is 37.4 Å². The maximum atomic E-state index is 14.4. The van der Waals surface area contributed by atoms with E-state index in [0.717, 1.165) is 24.3 Å². The molecule has 0 atom stereocenters. The van der Waals surface area contributed by atoms with Crippen molar-refractivity contribution in [3.8, 4) is 0 Å². The molecule has 1 saturated heterocycles. The van der Waals surface area contributed by atoms with E-state index in [9.17, 15) is 17.2 Å². The average Bonchev–Trinajstić information content (AvgIpc) is 2.30. The number of piperidine rings is 1. The molecule has 0 aliphatic carbocycles. The summed E-state index contributed by atoms with van der Waals surface area (Å²) in [6, 6.07) is 4.26. The van der Waals surface area contributed by atoms with E-state index >= 15 is 0 Å². The van der Waals surface area contributed by atoms with E-state index in [-0.39, 0.29) is 31.6 Å². The van der Waals surface area contributed by atoms with E-state index in [4.69, 9.17) is 0 Å². The molecule has 0 saturated carbocycles. The Morgan fingerprint density at radius 1 is 1.17 bits per heavy atom. The number of sulfone groups is 1. The van der Waals surface area contributed by atoms with E-state index in [1.165, 1.54) is 0 Å². The predicted octanol–water partition coefficient (Wildman–Crippen LogP) is -1.23. The molecule has 3 nitrogen and oxygen atoms in total. The number of alkyl halides is 1. The number of halogens is 3. The molecule has 102 valence electrons. The number of hydrogen-bond acceptors (Lipinski definition) is 3. The van der Waals surface area contributed by atoms with E-state index in [1.807, 2.05) is 0 Å². The first-order chi connectivity index (χ1) is 7.96. The average molecular weight is 298 g/mol. The van der Waals surface area contributed by atoms with Crippen LogP contribution < -0.4 is 17.7 Å². The van der Waals surface area contributed by atoms with Gasteiger partial charge >= 0.3 is 1.43 Å². The molecule has 1 aromatic carbocycles. The predicted molar refractivity (Wildman–Crippen MR) is 60.6 cm³/mol. The zero-order valence-corrected chi connectivity index (χ0v) is 11.1. The summed E-state index contributed by atoms with van der Waals surface area (Å²) in [5, 5.41) is 0.668. The van der Waals surface area contributed by atoms with Gasteiger partial charge in [0.25, 0.3) is 0 Å². The van der Waals surface area contributed by atoms with Crippen LogP contribution in [-0.4, -0.2) is 26.5 Å². The van der Waals surface area contributed by atoms with Gasteiger partial charge in [0.1, 0.15) is 5.82 Å². The van der Waals surface area contributed by atoms with E-state index in [0.29, 0.717) is 13.1 Å². The largest absolute Gasteiger partial charge is 1.00 e. The third-order valence-electron chi connectivity index (χ3n) is 2.96. The van der Waals surface area contributed by atoms with Gasteiger partial charge in [0.2, 0.25) is 14.8 Å². The Bertz CT molecular complexity index is 504. The topological polar surface area (TPSA) is 46.2 Å². The van der Waals surface area contributed by atoms with Gasteiger partial charge in [0.05, 0.1) is 4.90 Å². The zero-order valence-electron chi connectivity index (χ0n) is 10.5. The maximum absolute atomic E-state index is 14.4. The van der Waals surface area contributed by atoms with Crippen LogP contribution in [0.1, 0.15) is 14.3 Å². The monoisotopic (exact) mass is 297 g/mol. The molecule has 1 aliphatic rings. The van der Waals surface area contributed by atoms with Gasteiger partial charge in [-0.3, -0.25) is 0 Å². The molecule has 1 aromatic rings. The van der Waals surface area contributed by atoms with Crippen LogP contribution >= 0.6 is 0 Å². The highest BCUT2D eigenvalue weighted by molar-refractivity contribution is 7.92. The van der Waals surface area contributed by atoms with Crippen molar-refractivity contribution >= 4 is 9.84 Å². The number of rotatable bonds is 2. The fourth-order valence-corrected chi connectivity index (χ4v) is 3.55. The first-order valence-corrected chi connectivity index (χ1v) is 6.84. The summed E-state index contributed by atoms with van der Waals surface area (Å²) in [7, 11) is -4.05. The molecule has 0 amide bonds. The molecule has 2 rings (SSSR count). The van der Waals surface area contributed by atoms with Crippen LogP contribution in [0, 0.1) is 5.82 Å². The lowest BCUT2D eigenvalue weighted by Gasteiger charge is -2.29. The lowest BCUT2D eigenvalue weighted by atomic mass is 10.1. The molecule has 7 heteroatoms. The lowest BCUT2D eigenvalue weighted by molar-refractivity contribution is -0.00000730. The minimum atomic E-state index is -4.05. The molecule has 1 aliphatic heterocycles. The summed E-state index contributed by atoms with van der Waals surface area (Å²) >= 11 is 0. The van der Waals surface area contributed by atoms with Gasteiger partial charge in [-0.2, -0.15) is 0 Å². The smallest absolute Gasteiger partial charge is 1.00 e. The van der Waals surface area contributed by atoms with Crippen molar-refractivity contribution in [2.75, 3.05) is 13.1 Å². The summed E-state index contributed by atoms with van der Waals surface area (Å²) in [5.74, 6) is -0.540. The van der Waals surface area contributed by atoms with Crippen LogP contribution in [0.5, 0.6) is 0 Å². The Kier molecular flexibility index (Phi) is 4.69. The Morgan fingerprint density at radius 3 is 2.17 bits per heavy atom. The molecule has 0 bridgehead atoms. The third kappa shape index (κ3) is 2.65. The maximum Gasteiger partial charge on any atom is 1.00 e. The minimum absolute atomic E-state index is 0. The molecule has 1 N–H and O–H groups in total. The third-order valence-corrected chi connectivity index (χ3v) is 5.22. The molecular formula is C11H14ClF2NO2S. The van der Waals surface area contributed by atoms with Gasteiger partial charge in [-0.15, -0.1) is 0 Å². The molecule has 18 heavy (non-hydrogen) atoms. The van der Waals surface area contributed by atoms with Crippen LogP contribution in [-0.2, 0) is 9.84 Å². The summed E-state index contributed by atoms with van der Waals surface area (Å²) in [5.41, 5.74) is 0. The summed E-state index contributed by atoms with van der Waals surface area (Å²) in [6.07, 6.45) is -0.153. The van der Waals surface area contributed by atoms with Gasteiger partial charge in [-0.1, -0.05) is 0 Å². The number of benzene rings is 1. The fraction of sp³-hybridized carbons (Fsp3) is 0.455. The second-order valence-corrected chi connectivity index (χ2v) is 6.30. The van der Waals surface area contributed by atoms with Crippen molar-refractivity contribution < 1.29 is 31.0 Å². The minimum Gasteiger partial charge on any atom is -1.00 e. The highest BCUT2D eigenvalue weighted by Gasteiger charge is 2.45. The van der Waals surface area contributed by atoms with E-state index in [1.54, 1.807) is 0 Å². The Hall–Kier alpha value is -0.720. The second-order valence-electron chi connectivity index (χ2n) is 4.09. The molecule has 1 fully saturated rings. The van der Waals surface area contributed by atoms with Crippen LogP contribution in [0.3, 0.4) is 0 Å². The fourth-order valence-electron chi connectivity index (χ4n) is 1.89. The van der Waals surface area contributed by atoms with E-state index in [2.05, 4.69) is 5.32 Å². The van der Waals surface area contributed by atoms with Crippen LogP contribution in [0.4, 0.5) is 8.78 Å². The molecular weight excluding hydrogens is 284 g/mol. The van der Waals surface area contributed by atoms with Crippen molar-refractivity contribution in [1.82, 2.24) is 5.32 Å². The summed E-state index contributed by atoms with van der Waals surface area (Å²) in [4.78, 5) is -0.164. The first-order valence-electron chi connectivity index (χ1n) is 5.36. The summed E-state index contributed by atoms with van der Waals surface area (Å²) < 4.78 is 51.3. The first kappa shape index (κ1) is 15.3. The van der Waals surface area contributed by atoms with Crippen LogP contribution in [0.15, 0.2) is 29.2 Å². The van der Waals surface area contributed by atoms with Crippen molar-refractivity contribution in [2.45, 2.75) is 22.7 Å². The van der Waals surface area contributed by atoms with Gasteiger partial charge in [0, 0.05) is 12.8 Å². The van der Waals surface area contributed by atoms with Crippen molar-refractivity contribution in [3.63, 3.8) is 0 Å².